The molecule has 0 radical (unpaired) electrons. The predicted octanol–water partition coefficient (Wildman–Crippen LogP) is 1.64. The Bertz CT molecular complexity index is 530. The molecule has 0 unspecified atom stereocenters. The molecule has 1 aliphatic rings. The van der Waals surface area contributed by atoms with E-state index in [0.717, 1.165) is 5.69 Å². The molecule has 1 aromatic carbocycles. The van der Waals surface area contributed by atoms with Crippen LogP contribution in [0.3, 0.4) is 0 Å². The van der Waals surface area contributed by atoms with Crippen LogP contribution in [0.15, 0.2) is 24.3 Å². The Morgan fingerprint density at radius 3 is 2.52 bits per heavy atom. The van der Waals surface area contributed by atoms with Crippen molar-refractivity contribution in [1.82, 2.24) is 10.2 Å². The van der Waals surface area contributed by atoms with Crippen LogP contribution in [0.1, 0.15) is 6.92 Å². The van der Waals surface area contributed by atoms with Crippen LogP contribution in [-0.4, -0.2) is 54.2 Å². The number of urea groups is 1. The summed E-state index contributed by atoms with van der Waals surface area (Å²) in [5, 5.41) is 11.9. The average Bonchev–Trinajstić information content (AvgIpc) is 2.47. The van der Waals surface area contributed by atoms with Gasteiger partial charge in [-0.05, 0) is 25.1 Å². The molecule has 21 heavy (non-hydrogen) atoms. The van der Waals surface area contributed by atoms with E-state index in [-0.39, 0.29) is 6.03 Å². The van der Waals surface area contributed by atoms with Gasteiger partial charge < -0.3 is 20.2 Å². The number of aliphatic carboxylic acids is 1. The average molecular weight is 312 g/mol. The number of carbonyl (C=O) groups excluding carboxylic acids is 1. The highest BCUT2D eigenvalue weighted by Crippen LogP contribution is 2.20. The lowest BCUT2D eigenvalue weighted by molar-refractivity contribution is -0.138. The van der Waals surface area contributed by atoms with E-state index in [1.807, 2.05) is 24.3 Å². The molecule has 2 amide bonds. The van der Waals surface area contributed by atoms with Gasteiger partial charge in [0.2, 0.25) is 0 Å². The topological polar surface area (TPSA) is 72.9 Å². The number of piperazine rings is 1. The Morgan fingerprint density at radius 2 is 1.95 bits per heavy atom. The number of halogens is 1. The maximum absolute atomic E-state index is 11.9. The van der Waals surface area contributed by atoms with Crippen molar-refractivity contribution in [1.29, 1.82) is 0 Å². The van der Waals surface area contributed by atoms with Crippen LogP contribution >= 0.6 is 11.6 Å². The molecule has 7 heteroatoms. The molecule has 0 bridgehead atoms. The quantitative estimate of drug-likeness (QED) is 0.890. The number of carbonyl (C=O) groups is 2. The second-order valence-electron chi connectivity index (χ2n) is 4.96. The third kappa shape index (κ3) is 4.01. The molecule has 2 rings (SSSR count). The fraction of sp³-hybridized carbons (Fsp3) is 0.429. The molecule has 0 aliphatic carbocycles. The van der Waals surface area contributed by atoms with E-state index in [9.17, 15) is 9.59 Å². The first-order valence-electron chi connectivity index (χ1n) is 6.76. The second kappa shape index (κ2) is 6.67. The zero-order valence-electron chi connectivity index (χ0n) is 11.8. The van der Waals surface area contributed by atoms with Gasteiger partial charge in [0.1, 0.15) is 6.04 Å². The number of anilines is 1. The highest BCUT2D eigenvalue weighted by Gasteiger charge is 2.23. The van der Waals surface area contributed by atoms with Gasteiger partial charge in [0.25, 0.3) is 0 Å². The van der Waals surface area contributed by atoms with Crippen LogP contribution in [0.4, 0.5) is 10.5 Å². The van der Waals surface area contributed by atoms with Crippen molar-refractivity contribution in [3.8, 4) is 0 Å². The van der Waals surface area contributed by atoms with Gasteiger partial charge >= 0.3 is 12.0 Å². The molecular weight excluding hydrogens is 294 g/mol. The summed E-state index contributed by atoms with van der Waals surface area (Å²) < 4.78 is 0. The Labute approximate surface area is 128 Å². The first kappa shape index (κ1) is 15.4. The summed E-state index contributed by atoms with van der Waals surface area (Å²) >= 11 is 5.97. The number of nitrogens with one attached hydrogen (secondary N) is 1. The Balaban J connectivity index is 1.88. The number of nitrogens with zero attached hydrogens (tertiary/aromatic N) is 2. The van der Waals surface area contributed by atoms with Crippen molar-refractivity contribution in [3.05, 3.63) is 29.3 Å². The molecule has 1 aliphatic heterocycles. The lowest BCUT2D eigenvalue weighted by Gasteiger charge is -2.36. The second-order valence-corrected chi connectivity index (χ2v) is 5.40. The minimum Gasteiger partial charge on any atom is -0.480 e. The largest absolute Gasteiger partial charge is 0.480 e. The van der Waals surface area contributed by atoms with Gasteiger partial charge in [-0.3, -0.25) is 4.79 Å². The van der Waals surface area contributed by atoms with Crippen LogP contribution < -0.4 is 10.2 Å². The van der Waals surface area contributed by atoms with E-state index in [4.69, 9.17) is 16.7 Å². The van der Waals surface area contributed by atoms with Crippen LogP contribution in [0.5, 0.6) is 0 Å². The number of rotatable bonds is 3. The van der Waals surface area contributed by atoms with E-state index in [2.05, 4.69) is 10.2 Å². The summed E-state index contributed by atoms with van der Waals surface area (Å²) in [6.07, 6.45) is 0. The number of amides is 2. The number of carboxylic acid groups (broad SMARTS) is 1. The first-order chi connectivity index (χ1) is 9.97. The van der Waals surface area contributed by atoms with E-state index in [0.29, 0.717) is 31.2 Å². The molecule has 1 heterocycles. The van der Waals surface area contributed by atoms with Crippen molar-refractivity contribution in [3.63, 3.8) is 0 Å². The van der Waals surface area contributed by atoms with E-state index in [1.165, 1.54) is 6.92 Å². The first-order valence-corrected chi connectivity index (χ1v) is 7.14. The maximum Gasteiger partial charge on any atom is 0.325 e. The van der Waals surface area contributed by atoms with Gasteiger partial charge in [-0.15, -0.1) is 0 Å². The van der Waals surface area contributed by atoms with Crippen LogP contribution in [-0.2, 0) is 4.79 Å². The normalized spacial score (nSPS) is 16.5. The number of carboxylic acids is 1. The number of hydrogen-bond donors (Lipinski definition) is 2. The van der Waals surface area contributed by atoms with E-state index < -0.39 is 12.0 Å². The van der Waals surface area contributed by atoms with Crippen molar-refractivity contribution in [2.75, 3.05) is 31.1 Å². The van der Waals surface area contributed by atoms with Crippen LogP contribution in [0, 0.1) is 0 Å². The van der Waals surface area contributed by atoms with Crippen molar-refractivity contribution < 1.29 is 14.7 Å². The van der Waals surface area contributed by atoms with Gasteiger partial charge in [0.05, 0.1) is 0 Å². The van der Waals surface area contributed by atoms with Crippen molar-refractivity contribution >= 4 is 29.3 Å². The van der Waals surface area contributed by atoms with Crippen molar-refractivity contribution in [2.45, 2.75) is 13.0 Å². The molecular formula is C14H18ClN3O3. The predicted molar refractivity (Wildman–Crippen MR) is 80.9 cm³/mol. The Morgan fingerprint density at radius 1 is 1.29 bits per heavy atom. The maximum atomic E-state index is 11.9. The fourth-order valence-corrected chi connectivity index (χ4v) is 2.36. The summed E-state index contributed by atoms with van der Waals surface area (Å²) in [4.78, 5) is 26.4. The molecule has 2 N–H and O–H groups in total. The lowest BCUT2D eigenvalue weighted by Crippen LogP contribution is -2.54. The molecule has 1 atom stereocenters. The minimum absolute atomic E-state index is 0.337. The zero-order valence-corrected chi connectivity index (χ0v) is 12.5. The van der Waals surface area contributed by atoms with E-state index in [1.54, 1.807) is 4.90 Å². The summed E-state index contributed by atoms with van der Waals surface area (Å²) in [5.74, 6) is -1.04. The zero-order chi connectivity index (χ0) is 15.4. The summed E-state index contributed by atoms with van der Waals surface area (Å²) in [5.41, 5.74) is 1.03. The van der Waals surface area contributed by atoms with Gasteiger partial charge in [0.15, 0.2) is 0 Å². The molecule has 6 nitrogen and oxygen atoms in total. The standard InChI is InChI=1S/C14H18ClN3O3/c1-10(13(19)20)16-14(21)18-7-5-17(6-8-18)12-4-2-3-11(15)9-12/h2-4,9-10H,5-8H2,1H3,(H,16,21)(H,19,20)/t10-/m1/s1. The molecule has 0 spiro atoms. The number of hydrogen-bond acceptors (Lipinski definition) is 3. The monoisotopic (exact) mass is 311 g/mol. The summed E-state index contributed by atoms with van der Waals surface area (Å²) in [6.45, 7) is 3.92. The summed E-state index contributed by atoms with van der Waals surface area (Å²) in [7, 11) is 0. The third-order valence-electron chi connectivity index (χ3n) is 3.45. The van der Waals surface area contributed by atoms with E-state index >= 15 is 0 Å². The molecule has 0 saturated carbocycles. The molecule has 114 valence electrons. The Hall–Kier alpha value is -1.95. The molecule has 1 saturated heterocycles. The van der Waals surface area contributed by atoms with Crippen molar-refractivity contribution in [2.24, 2.45) is 0 Å². The van der Waals surface area contributed by atoms with Crippen LogP contribution in [0.25, 0.3) is 0 Å². The van der Waals surface area contributed by atoms with Gasteiger partial charge in [-0.2, -0.15) is 0 Å². The van der Waals surface area contributed by atoms with Gasteiger partial charge in [-0.1, -0.05) is 17.7 Å². The summed E-state index contributed by atoms with van der Waals surface area (Å²) in [6, 6.07) is 6.37. The van der Waals surface area contributed by atoms with Gasteiger partial charge in [0, 0.05) is 36.9 Å². The smallest absolute Gasteiger partial charge is 0.325 e. The van der Waals surface area contributed by atoms with Crippen LogP contribution in [0.2, 0.25) is 5.02 Å². The highest BCUT2D eigenvalue weighted by molar-refractivity contribution is 6.30. The minimum atomic E-state index is -1.04. The highest BCUT2D eigenvalue weighted by atomic mass is 35.5. The number of benzene rings is 1. The molecule has 1 aromatic rings. The lowest BCUT2D eigenvalue weighted by atomic mass is 10.2. The Kier molecular flexibility index (Phi) is 4.90. The fourth-order valence-electron chi connectivity index (χ4n) is 2.18. The SMILES string of the molecule is C[C@@H](NC(=O)N1CCN(c2cccc(Cl)c2)CC1)C(=O)O. The third-order valence-corrected chi connectivity index (χ3v) is 3.69. The molecule has 0 aromatic heterocycles. The molecule has 1 fully saturated rings. The van der Waals surface area contributed by atoms with Gasteiger partial charge in [-0.25, -0.2) is 4.79 Å².